The Morgan fingerprint density at radius 3 is 2.62 bits per heavy atom. The maximum atomic E-state index is 11.7. The van der Waals surface area contributed by atoms with E-state index in [0.29, 0.717) is 16.6 Å². The Morgan fingerprint density at radius 1 is 1.24 bits per heavy atom. The number of imide groups is 1. The second kappa shape index (κ2) is 9.12. The van der Waals surface area contributed by atoms with E-state index in [2.05, 4.69) is 26.6 Å². The van der Waals surface area contributed by atoms with Gasteiger partial charge in [-0.15, -0.1) is 0 Å². The molecule has 0 fully saturated rings. The maximum Gasteiger partial charge on any atom is 0.339 e. The molecule has 1 aromatic rings. The van der Waals surface area contributed by atoms with Crippen molar-refractivity contribution < 1.29 is 19.1 Å². The third-order valence-corrected chi connectivity index (χ3v) is 3.19. The number of hydrogen-bond donors (Lipinski definition) is 2. The van der Waals surface area contributed by atoms with Gasteiger partial charge in [0.05, 0.1) is 5.56 Å². The number of nitrogens with one attached hydrogen (secondary N) is 2. The quantitative estimate of drug-likeness (QED) is 0.604. The highest BCUT2D eigenvalue weighted by molar-refractivity contribution is 9.10. The lowest BCUT2D eigenvalue weighted by Crippen LogP contribution is -2.41. The average Bonchev–Trinajstić information content (AvgIpc) is 2.45. The van der Waals surface area contributed by atoms with Crippen molar-refractivity contribution in [3.63, 3.8) is 0 Å². The van der Waals surface area contributed by atoms with Crippen molar-refractivity contribution in [1.82, 2.24) is 10.6 Å². The van der Waals surface area contributed by atoms with Crippen LogP contribution in [-0.2, 0) is 9.53 Å². The minimum absolute atomic E-state index is 0.317. The number of rotatable bonds is 6. The highest BCUT2D eigenvalue weighted by Crippen LogP contribution is 2.16. The molecule has 0 spiro atoms. The van der Waals surface area contributed by atoms with Gasteiger partial charge in [0.25, 0.3) is 5.91 Å². The van der Waals surface area contributed by atoms with Crippen LogP contribution in [0.15, 0.2) is 28.7 Å². The number of carbonyl (C=O) groups excluding carboxylic acids is 3. The first-order valence-electron chi connectivity index (χ1n) is 6.54. The van der Waals surface area contributed by atoms with E-state index in [4.69, 9.17) is 4.74 Å². The first-order valence-corrected chi connectivity index (χ1v) is 7.33. The van der Waals surface area contributed by atoms with Gasteiger partial charge in [0, 0.05) is 11.0 Å². The fourth-order valence-electron chi connectivity index (χ4n) is 1.42. The van der Waals surface area contributed by atoms with E-state index >= 15 is 0 Å². The number of carbonyl (C=O) groups is 3. The molecular formula is C14H17BrN2O4. The summed E-state index contributed by atoms with van der Waals surface area (Å²) in [5, 5.41) is 4.61. The highest BCUT2D eigenvalue weighted by atomic mass is 79.9. The van der Waals surface area contributed by atoms with Gasteiger partial charge in [-0.05, 0) is 34.5 Å². The molecule has 0 aliphatic rings. The van der Waals surface area contributed by atoms with Crippen LogP contribution in [0.1, 0.15) is 30.1 Å². The summed E-state index contributed by atoms with van der Waals surface area (Å²) in [6.07, 6.45) is 1.77. The molecule has 6 nitrogen and oxygen atoms in total. The molecule has 0 aliphatic carbocycles. The van der Waals surface area contributed by atoms with Crippen molar-refractivity contribution in [3.8, 4) is 0 Å². The molecule has 0 radical (unpaired) electrons. The number of esters is 1. The number of halogens is 1. The number of amides is 3. The van der Waals surface area contributed by atoms with Crippen LogP contribution >= 0.6 is 15.9 Å². The normalized spacial score (nSPS) is 9.81. The van der Waals surface area contributed by atoms with Crippen LogP contribution < -0.4 is 10.6 Å². The lowest BCUT2D eigenvalue weighted by Gasteiger charge is -2.07. The molecule has 7 heteroatoms. The summed E-state index contributed by atoms with van der Waals surface area (Å²) in [5.74, 6) is -1.31. The van der Waals surface area contributed by atoms with Crippen LogP contribution in [0.5, 0.6) is 0 Å². The predicted molar refractivity (Wildman–Crippen MR) is 80.9 cm³/mol. The highest BCUT2D eigenvalue weighted by Gasteiger charge is 2.14. The van der Waals surface area contributed by atoms with E-state index in [-0.39, 0.29) is 0 Å². The molecule has 3 amide bonds. The Bertz CT molecular complexity index is 519. The number of unbranched alkanes of at least 4 members (excludes halogenated alkanes) is 1. The molecule has 1 rings (SSSR count). The second-order valence-electron chi connectivity index (χ2n) is 4.21. The fraction of sp³-hybridized carbons (Fsp3) is 0.357. The van der Waals surface area contributed by atoms with Crippen LogP contribution in [-0.4, -0.2) is 31.1 Å². The maximum absolute atomic E-state index is 11.7. The lowest BCUT2D eigenvalue weighted by atomic mass is 10.2. The Balaban J connectivity index is 2.34. The van der Waals surface area contributed by atoms with Crippen molar-refractivity contribution >= 4 is 33.8 Å². The van der Waals surface area contributed by atoms with Crippen molar-refractivity contribution in [3.05, 3.63) is 34.3 Å². The van der Waals surface area contributed by atoms with Gasteiger partial charge >= 0.3 is 12.0 Å². The van der Waals surface area contributed by atoms with Crippen molar-refractivity contribution in [2.45, 2.75) is 19.8 Å². The van der Waals surface area contributed by atoms with Gasteiger partial charge < -0.3 is 10.1 Å². The van der Waals surface area contributed by atoms with Gasteiger partial charge in [0.15, 0.2) is 6.61 Å². The van der Waals surface area contributed by atoms with E-state index < -0.39 is 24.5 Å². The smallest absolute Gasteiger partial charge is 0.339 e. The molecule has 0 saturated carbocycles. The van der Waals surface area contributed by atoms with E-state index in [1.165, 1.54) is 0 Å². The van der Waals surface area contributed by atoms with E-state index in [1.807, 2.05) is 6.92 Å². The Kier molecular flexibility index (Phi) is 7.45. The summed E-state index contributed by atoms with van der Waals surface area (Å²) in [5.41, 5.74) is 0.317. The molecule has 0 bridgehead atoms. The van der Waals surface area contributed by atoms with Crippen molar-refractivity contribution in [2.24, 2.45) is 0 Å². The van der Waals surface area contributed by atoms with Crippen LogP contribution in [0.3, 0.4) is 0 Å². The summed E-state index contributed by atoms with van der Waals surface area (Å²) in [6, 6.07) is 6.11. The monoisotopic (exact) mass is 356 g/mol. The summed E-state index contributed by atoms with van der Waals surface area (Å²) in [6.45, 7) is 1.97. The molecule has 21 heavy (non-hydrogen) atoms. The van der Waals surface area contributed by atoms with Gasteiger partial charge in [-0.3, -0.25) is 10.1 Å². The summed E-state index contributed by atoms with van der Waals surface area (Å²) in [7, 11) is 0. The molecule has 0 saturated heterocycles. The Hall–Kier alpha value is -1.89. The predicted octanol–water partition coefficient (Wildman–Crippen LogP) is 2.23. The zero-order valence-corrected chi connectivity index (χ0v) is 13.2. The molecule has 0 unspecified atom stereocenters. The topological polar surface area (TPSA) is 84.5 Å². The summed E-state index contributed by atoms with van der Waals surface area (Å²) >= 11 is 3.21. The van der Waals surface area contributed by atoms with Crippen molar-refractivity contribution in [1.29, 1.82) is 0 Å². The van der Waals surface area contributed by atoms with E-state index in [1.54, 1.807) is 24.3 Å². The molecule has 0 aromatic heterocycles. The number of hydrogen-bond acceptors (Lipinski definition) is 4. The molecule has 2 N–H and O–H groups in total. The number of ether oxygens (including phenoxy) is 1. The molecule has 114 valence electrons. The molecule has 0 heterocycles. The molecule has 0 aliphatic heterocycles. The SMILES string of the molecule is CCCCNC(=O)NC(=O)COC(=O)c1ccccc1Br. The van der Waals surface area contributed by atoms with E-state index in [0.717, 1.165) is 12.8 Å². The minimum atomic E-state index is -0.676. The van der Waals surface area contributed by atoms with Gasteiger partial charge in [-0.1, -0.05) is 25.5 Å². The van der Waals surface area contributed by atoms with Gasteiger partial charge in [-0.2, -0.15) is 0 Å². The third-order valence-electron chi connectivity index (χ3n) is 2.50. The molecule has 0 atom stereocenters. The van der Waals surface area contributed by atoms with Gasteiger partial charge in [0.2, 0.25) is 0 Å². The summed E-state index contributed by atoms with van der Waals surface area (Å²) in [4.78, 5) is 34.5. The third kappa shape index (κ3) is 6.40. The lowest BCUT2D eigenvalue weighted by molar-refractivity contribution is -0.123. The van der Waals surface area contributed by atoms with E-state index in [9.17, 15) is 14.4 Å². The van der Waals surface area contributed by atoms with Crippen LogP contribution in [0, 0.1) is 0 Å². The minimum Gasteiger partial charge on any atom is -0.452 e. The first-order chi connectivity index (χ1) is 10.0. The zero-order chi connectivity index (χ0) is 15.7. The number of urea groups is 1. The fourth-order valence-corrected chi connectivity index (χ4v) is 1.87. The zero-order valence-electron chi connectivity index (χ0n) is 11.6. The average molecular weight is 357 g/mol. The molecular weight excluding hydrogens is 340 g/mol. The van der Waals surface area contributed by atoms with Crippen LogP contribution in [0.2, 0.25) is 0 Å². The Labute approximate surface area is 131 Å². The number of benzene rings is 1. The molecule has 1 aromatic carbocycles. The summed E-state index contributed by atoms with van der Waals surface area (Å²) < 4.78 is 5.41. The largest absolute Gasteiger partial charge is 0.452 e. The van der Waals surface area contributed by atoms with Gasteiger partial charge in [0.1, 0.15) is 0 Å². The van der Waals surface area contributed by atoms with Gasteiger partial charge in [-0.25, -0.2) is 9.59 Å². The van der Waals surface area contributed by atoms with Crippen LogP contribution in [0.4, 0.5) is 4.79 Å². The second-order valence-corrected chi connectivity index (χ2v) is 5.07. The standard InChI is InChI=1S/C14H17BrN2O4/c1-2-3-8-16-14(20)17-12(18)9-21-13(19)10-6-4-5-7-11(10)15/h4-7H,2-3,8-9H2,1H3,(H2,16,17,18,20). The Morgan fingerprint density at radius 2 is 1.95 bits per heavy atom. The first kappa shape index (κ1) is 17.2. The van der Waals surface area contributed by atoms with Crippen LogP contribution in [0.25, 0.3) is 0 Å². The van der Waals surface area contributed by atoms with Crippen molar-refractivity contribution in [2.75, 3.05) is 13.2 Å².